The molecule has 0 bridgehead atoms. The van der Waals surface area contributed by atoms with Gasteiger partial charge in [-0.15, -0.1) is 5.10 Å². The Morgan fingerprint density at radius 3 is 2.94 bits per heavy atom. The Labute approximate surface area is 110 Å². The number of carbonyl (C=O) groups is 1. The van der Waals surface area contributed by atoms with Gasteiger partial charge in [0.05, 0.1) is 0 Å². The maximum atomic E-state index is 11.5. The van der Waals surface area contributed by atoms with Gasteiger partial charge in [-0.3, -0.25) is 4.57 Å². The monoisotopic (exact) mass is 273 g/mol. The number of hydrogen-bond acceptors (Lipinski definition) is 5. The highest BCUT2D eigenvalue weighted by molar-refractivity contribution is 7.99. The van der Waals surface area contributed by atoms with Crippen molar-refractivity contribution < 1.29 is 9.53 Å². The summed E-state index contributed by atoms with van der Waals surface area (Å²) in [6.07, 6.45) is 2.15. The summed E-state index contributed by atoms with van der Waals surface area (Å²) >= 11 is 1.50. The van der Waals surface area contributed by atoms with Crippen molar-refractivity contribution in [2.24, 2.45) is 0 Å². The summed E-state index contributed by atoms with van der Waals surface area (Å²) in [5.74, 6) is 0.976. The smallest absolute Gasteiger partial charge is 0.343 e. The molecule has 1 aromatic heterocycles. The molecule has 0 saturated heterocycles. The molecule has 6 nitrogen and oxygen atoms in total. The topological polar surface area (TPSA) is 77.0 Å². The fourth-order valence-corrected chi connectivity index (χ4v) is 2.37. The molecule has 18 heavy (non-hydrogen) atoms. The van der Waals surface area contributed by atoms with Crippen LogP contribution >= 0.6 is 11.8 Å². The zero-order valence-electron chi connectivity index (χ0n) is 10.8. The number of aromatic nitrogens is 3. The van der Waals surface area contributed by atoms with Crippen LogP contribution in [0.15, 0.2) is 9.95 Å². The lowest BCUT2D eigenvalue weighted by Gasteiger charge is -2.04. The summed E-state index contributed by atoms with van der Waals surface area (Å²) in [5, 5.41) is 7.10. The van der Waals surface area contributed by atoms with Gasteiger partial charge in [0.15, 0.2) is 5.16 Å². The summed E-state index contributed by atoms with van der Waals surface area (Å²) in [4.78, 5) is 22.3. The van der Waals surface area contributed by atoms with Crippen molar-refractivity contribution in [2.45, 2.75) is 37.9 Å². The lowest BCUT2D eigenvalue weighted by Crippen LogP contribution is -2.18. The highest BCUT2D eigenvalue weighted by Crippen LogP contribution is 2.15. The second kappa shape index (κ2) is 8.10. The molecular weight excluding hydrogens is 254 g/mol. The minimum atomic E-state index is -0.194. The lowest BCUT2D eigenvalue weighted by molar-refractivity contribution is -0.117. The molecule has 1 aromatic rings. The first-order chi connectivity index (χ1) is 8.65. The van der Waals surface area contributed by atoms with E-state index in [9.17, 15) is 9.59 Å². The number of hydrogen-bond donors (Lipinski definition) is 1. The van der Waals surface area contributed by atoms with Crippen molar-refractivity contribution in [2.75, 3.05) is 19.5 Å². The minimum Gasteiger partial charge on any atom is -0.385 e. The molecular formula is C11H19N3O3S. The maximum absolute atomic E-state index is 11.5. The third kappa shape index (κ3) is 5.05. The molecule has 0 atom stereocenters. The molecule has 0 aromatic carbocycles. The number of thioether (sulfide) groups is 1. The number of ketones is 1. The van der Waals surface area contributed by atoms with Crippen molar-refractivity contribution >= 4 is 17.5 Å². The molecule has 0 unspecified atom stereocenters. The molecule has 0 amide bonds. The number of carbonyl (C=O) groups excluding carboxylic acids is 1. The fraction of sp³-hybridized carbons (Fsp3) is 0.727. The number of nitrogens with zero attached hydrogens (tertiary/aromatic N) is 2. The van der Waals surface area contributed by atoms with Gasteiger partial charge < -0.3 is 9.53 Å². The first kappa shape index (κ1) is 15.0. The van der Waals surface area contributed by atoms with Gasteiger partial charge in [0.2, 0.25) is 0 Å². The van der Waals surface area contributed by atoms with Crippen LogP contribution in [0.4, 0.5) is 0 Å². The molecule has 7 heteroatoms. The van der Waals surface area contributed by atoms with E-state index in [-0.39, 0.29) is 11.5 Å². The first-order valence-corrected chi connectivity index (χ1v) is 6.90. The van der Waals surface area contributed by atoms with Crippen LogP contribution in [-0.4, -0.2) is 40.0 Å². The van der Waals surface area contributed by atoms with E-state index >= 15 is 0 Å². The number of methoxy groups -OCH3 is 1. The molecule has 1 N–H and O–H groups in total. The predicted octanol–water partition coefficient (Wildman–Crippen LogP) is 1.07. The fourth-order valence-electron chi connectivity index (χ4n) is 1.46. The average Bonchev–Trinajstić information content (AvgIpc) is 2.67. The van der Waals surface area contributed by atoms with Gasteiger partial charge in [0.25, 0.3) is 0 Å². The number of ether oxygens (including phenoxy) is 1. The summed E-state index contributed by atoms with van der Waals surface area (Å²) in [6.45, 7) is 2.80. The van der Waals surface area contributed by atoms with Crippen molar-refractivity contribution in [3.05, 3.63) is 10.5 Å². The van der Waals surface area contributed by atoms with E-state index in [1.807, 2.05) is 0 Å². The number of Topliss-reactive ketones (excluding diaryl/α,β-unsaturated/α-hetero) is 1. The van der Waals surface area contributed by atoms with Crippen LogP contribution in [0.2, 0.25) is 0 Å². The van der Waals surface area contributed by atoms with Crippen LogP contribution in [0.5, 0.6) is 0 Å². The Bertz CT molecular complexity index is 427. The standard InChI is InChI=1S/C11H19N3O3S/c1-9(15)5-3-8-18-11-13-12-10(16)14(11)6-4-7-17-2/h3-8H2,1-2H3,(H,12,16). The van der Waals surface area contributed by atoms with E-state index in [1.165, 1.54) is 11.8 Å². The lowest BCUT2D eigenvalue weighted by atomic mass is 10.3. The normalized spacial score (nSPS) is 10.8. The zero-order valence-corrected chi connectivity index (χ0v) is 11.6. The number of nitrogens with one attached hydrogen (secondary N) is 1. The van der Waals surface area contributed by atoms with E-state index in [0.717, 1.165) is 18.6 Å². The van der Waals surface area contributed by atoms with Crippen LogP contribution in [0, 0.1) is 0 Å². The quantitative estimate of drug-likeness (QED) is 0.538. The molecule has 0 spiro atoms. The highest BCUT2D eigenvalue weighted by Gasteiger charge is 2.08. The number of H-pyrrole nitrogens is 1. The van der Waals surface area contributed by atoms with Crippen molar-refractivity contribution in [1.29, 1.82) is 0 Å². The Balaban J connectivity index is 2.44. The molecule has 1 rings (SSSR count). The van der Waals surface area contributed by atoms with Gasteiger partial charge >= 0.3 is 5.69 Å². The molecule has 0 aliphatic carbocycles. The van der Waals surface area contributed by atoms with Gasteiger partial charge in [-0.05, 0) is 19.8 Å². The Morgan fingerprint density at radius 2 is 2.28 bits per heavy atom. The maximum Gasteiger partial charge on any atom is 0.343 e. The Hall–Kier alpha value is -1.08. The molecule has 0 saturated carbocycles. The largest absolute Gasteiger partial charge is 0.385 e. The van der Waals surface area contributed by atoms with Crippen LogP contribution in [0.3, 0.4) is 0 Å². The SMILES string of the molecule is COCCCn1c(SCCCC(C)=O)n[nH]c1=O. The number of rotatable bonds is 9. The number of aromatic amines is 1. The Morgan fingerprint density at radius 1 is 1.50 bits per heavy atom. The van der Waals surface area contributed by atoms with E-state index in [4.69, 9.17) is 4.74 Å². The third-order valence-corrected chi connectivity index (χ3v) is 3.42. The van der Waals surface area contributed by atoms with Gasteiger partial charge in [0, 0.05) is 32.4 Å². The minimum absolute atomic E-state index is 0.190. The van der Waals surface area contributed by atoms with Crippen molar-refractivity contribution in [3.8, 4) is 0 Å². The zero-order chi connectivity index (χ0) is 13.4. The molecule has 0 fully saturated rings. The molecule has 0 radical (unpaired) electrons. The third-order valence-electron chi connectivity index (χ3n) is 2.36. The molecule has 1 heterocycles. The van der Waals surface area contributed by atoms with Crippen LogP contribution < -0.4 is 5.69 Å². The van der Waals surface area contributed by atoms with E-state index in [1.54, 1.807) is 18.6 Å². The van der Waals surface area contributed by atoms with Crippen LogP contribution in [-0.2, 0) is 16.1 Å². The summed E-state index contributed by atoms with van der Waals surface area (Å²) in [5.41, 5.74) is -0.194. The molecule has 0 aliphatic rings. The predicted molar refractivity (Wildman–Crippen MR) is 70.0 cm³/mol. The second-order valence-corrected chi connectivity index (χ2v) is 5.03. The highest BCUT2D eigenvalue weighted by atomic mass is 32.2. The molecule has 0 aliphatic heterocycles. The average molecular weight is 273 g/mol. The van der Waals surface area contributed by atoms with Gasteiger partial charge in [0.1, 0.15) is 5.78 Å². The van der Waals surface area contributed by atoms with Gasteiger partial charge in [-0.2, -0.15) is 0 Å². The van der Waals surface area contributed by atoms with Gasteiger partial charge in [-0.1, -0.05) is 11.8 Å². The molecule has 102 valence electrons. The van der Waals surface area contributed by atoms with Crippen molar-refractivity contribution in [3.63, 3.8) is 0 Å². The van der Waals surface area contributed by atoms with Crippen molar-refractivity contribution in [1.82, 2.24) is 14.8 Å². The van der Waals surface area contributed by atoms with Crippen LogP contribution in [0.1, 0.15) is 26.2 Å². The van der Waals surface area contributed by atoms with E-state index < -0.39 is 0 Å². The van der Waals surface area contributed by atoms with E-state index in [0.29, 0.717) is 24.7 Å². The second-order valence-electron chi connectivity index (χ2n) is 3.96. The summed E-state index contributed by atoms with van der Waals surface area (Å²) < 4.78 is 6.56. The Kier molecular flexibility index (Phi) is 6.74. The summed E-state index contributed by atoms with van der Waals surface area (Å²) in [7, 11) is 1.63. The van der Waals surface area contributed by atoms with Gasteiger partial charge in [-0.25, -0.2) is 9.89 Å². The first-order valence-electron chi connectivity index (χ1n) is 5.91. The van der Waals surface area contributed by atoms with E-state index in [2.05, 4.69) is 10.2 Å². The summed E-state index contributed by atoms with van der Waals surface area (Å²) in [6, 6.07) is 0. The van der Waals surface area contributed by atoms with Crippen LogP contribution in [0.25, 0.3) is 0 Å².